The van der Waals surface area contributed by atoms with Crippen molar-refractivity contribution < 1.29 is 19.4 Å². The maximum Gasteiger partial charge on any atom is 0.308 e. The summed E-state index contributed by atoms with van der Waals surface area (Å²) in [6.45, 7) is 4.28. The van der Waals surface area contributed by atoms with Gasteiger partial charge in [0.15, 0.2) is 0 Å². The van der Waals surface area contributed by atoms with Crippen molar-refractivity contribution in [3.05, 3.63) is 0 Å². The Balaban J connectivity index is 3.55. The minimum absolute atomic E-state index is 0.118. The lowest BCUT2D eigenvalue weighted by molar-refractivity contribution is -0.148. The molecule has 0 saturated heterocycles. The monoisotopic (exact) mass is 216 g/mol. The Bertz CT molecular complexity index is 201. The third-order valence-electron chi connectivity index (χ3n) is 2.17. The van der Waals surface area contributed by atoms with Crippen molar-refractivity contribution in [1.29, 1.82) is 0 Å². The first-order valence-corrected chi connectivity index (χ1v) is 5.46. The number of rotatable bonds is 8. The summed E-state index contributed by atoms with van der Waals surface area (Å²) < 4.78 is 5.02. The van der Waals surface area contributed by atoms with Crippen molar-refractivity contribution in [3.63, 3.8) is 0 Å². The van der Waals surface area contributed by atoms with Gasteiger partial charge in [0.1, 0.15) is 0 Å². The highest BCUT2D eigenvalue weighted by atomic mass is 16.5. The second-order valence-corrected chi connectivity index (χ2v) is 3.71. The standard InChI is InChI=1S/C11H20O4/c1-3-4-8-15-11(14)9(2)6-5-7-10(12)13/h9H,3-8H2,1-2H3,(H,12,13). The highest BCUT2D eigenvalue weighted by Gasteiger charge is 2.14. The SMILES string of the molecule is CCCCOC(=O)C(C)CCCC(=O)O. The molecule has 0 spiro atoms. The number of unbranched alkanes of at least 4 members (excludes halogenated alkanes) is 1. The number of carbonyl (C=O) groups excluding carboxylic acids is 1. The molecule has 0 bridgehead atoms. The first-order chi connectivity index (χ1) is 7.07. The van der Waals surface area contributed by atoms with E-state index >= 15 is 0 Å². The van der Waals surface area contributed by atoms with Crippen LogP contribution < -0.4 is 0 Å². The fourth-order valence-corrected chi connectivity index (χ4v) is 1.14. The van der Waals surface area contributed by atoms with Gasteiger partial charge in [-0.1, -0.05) is 20.3 Å². The lowest BCUT2D eigenvalue weighted by Gasteiger charge is -2.10. The molecular weight excluding hydrogens is 196 g/mol. The number of carboxylic acid groups (broad SMARTS) is 1. The molecular formula is C11H20O4. The van der Waals surface area contributed by atoms with Crippen molar-refractivity contribution in [2.45, 2.75) is 46.0 Å². The summed E-state index contributed by atoms with van der Waals surface area (Å²) in [5.41, 5.74) is 0. The van der Waals surface area contributed by atoms with E-state index < -0.39 is 5.97 Å². The Morgan fingerprint density at radius 2 is 2.00 bits per heavy atom. The molecule has 0 rings (SSSR count). The lowest BCUT2D eigenvalue weighted by Crippen LogP contribution is -2.15. The quantitative estimate of drug-likeness (QED) is 0.499. The Kier molecular flexibility index (Phi) is 7.68. The summed E-state index contributed by atoms with van der Waals surface area (Å²) in [6.07, 6.45) is 3.11. The second-order valence-electron chi connectivity index (χ2n) is 3.71. The van der Waals surface area contributed by atoms with Crippen molar-refractivity contribution in [3.8, 4) is 0 Å². The highest BCUT2D eigenvalue weighted by molar-refractivity contribution is 5.72. The average Bonchev–Trinajstić information content (AvgIpc) is 2.17. The van der Waals surface area contributed by atoms with E-state index in [1.54, 1.807) is 6.92 Å². The topological polar surface area (TPSA) is 63.6 Å². The number of hydrogen-bond acceptors (Lipinski definition) is 3. The highest BCUT2D eigenvalue weighted by Crippen LogP contribution is 2.10. The van der Waals surface area contributed by atoms with Gasteiger partial charge in [-0.25, -0.2) is 0 Å². The number of aliphatic carboxylic acids is 1. The molecule has 0 aliphatic heterocycles. The number of ether oxygens (including phenoxy) is 1. The Morgan fingerprint density at radius 3 is 2.53 bits per heavy atom. The van der Waals surface area contributed by atoms with E-state index in [1.807, 2.05) is 6.92 Å². The molecule has 88 valence electrons. The molecule has 0 aliphatic carbocycles. The fraction of sp³-hybridized carbons (Fsp3) is 0.818. The van der Waals surface area contributed by atoms with Crippen LogP contribution in [-0.2, 0) is 14.3 Å². The number of hydrogen-bond donors (Lipinski definition) is 1. The van der Waals surface area contributed by atoms with E-state index in [0.29, 0.717) is 19.4 Å². The third-order valence-corrected chi connectivity index (χ3v) is 2.17. The normalized spacial score (nSPS) is 12.1. The van der Waals surface area contributed by atoms with Gasteiger partial charge < -0.3 is 9.84 Å². The summed E-state index contributed by atoms with van der Waals surface area (Å²) in [7, 11) is 0. The Morgan fingerprint density at radius 1 is 1.33 bits per heavy atom. The van der Waals surface area contributed by atoms with Crippen molar-refractivity contribution in [2.24, 2.45) is 5.92 Å². The van der Waals surface area contributed by atoms with Gasteiger partial charge in [0.25, 0.3) is 0 Å². The number of carbonyl (C=O) groups is 2. The van der Waals surface area contributed by atoms with Crippen LogP contribution in [0.1, 0.15) is 46.0 Å². The van der Waals surface area contributed by atoms with E-state index in [1.165, 1.54) is 0 Å². The molecule has 0 saturated carbocycles. The summed E-state index contributed by atoms with van der Waals surface area (Å²) in [4.78, 5) is 21.6. The van der Waals surface area contributed by atoms with Crippen molar-refractivity contribution in [1.82, 2.24) is 0 Å². The summed E-state index contributed by atoms with van der Waals surface area (Å²) in [5.74, 6) is -1.23. The fourth-order valence-electron chi connectivity index (χ4n) is 1.14. The van der Waals surface area contributed by atoms with Gasteiger partial charge in [-0.05, 0) is 19.3 Å². The van der Waals surface area contributed by atoms with Crippen LogP contribution in [0.15, 0.2) is 0 Å². The van der Waals surface area contributed by atoms with E-state index in [4.69, 9.17) is 9.84 Å². The number of esters is 1. The molecule has 0 aromatic heterocycles. The molecule has 0 heterocycles. The van der Waals surface area contributed by atoms with Crippen LogP contribution in [-0.4, -0.2) is 23.7 Å². The molecule has 0 fully saturated rings. The van der Waals surface area contributed by atoms with Crippen LogP contribution in [0.25, 0.3) is 0 Å². The first kappa shape index (κ1) is 13.9. The van der Waals surface area contributed by atoms with Gasteiger partial charge in [-0.15, -0.1) is 0 Å². The number of carboxylic acids is 1. The van der Waals surface area contributed by atoms with Crippen LogP contribution in [0.3, 0.4) is 0 Å². The van der Waals surface area contributed by atoms with E-state index in [9.17, 15) is 9.59 Å². The minimum atomic E-state index is -0.818. The molecule has 0 aromatic rings. The Hall–Kier alpha value is -1.06. The molecule has 1 unspecified atom stereocenters. The Labute approximate surface area is 90.6 Å². The third kappa shape index (κ3) is 7.97. The van der Waals surface area contributed by atoms with Crippen molar-refractivity contribution >= 4 is 11.9 Å². The molecule has 4 heteroatoms. The van der Waals surface area contributed by atoms with Crippen LogP contribution in [0, 0.1) is 5.92 Å². The molecule has 0 aromatic carbocycles. The predicted octanol–water partition coefficient (Wildman–Crippen LogP) is 2.22. The zero-order valence-corrected chi connectivity index (χ0v) is 9.49. The van der Waals surface area contributed by atoms with Crippen LogP contribution in [0.2, 0.25) is 0 Å². The maximum atomic E-state index is 11.3. The minimum Gasteiger partial charge on any atom is -0.481 e. The van der Waals surface area contributed by atoms with Gasteiger partial charge in [0, 0.05) is 6.42 Å². The van der Waals surface area contributed by atoms with Gasteiger partial charge in [0.2, 0.25) is 0 Å². The molecule has 15 heavy (non-hydrogen) atoms. The molecule has 4 nitrogen and oxygen atoms in total. The first-order valence-electron chi connectivity index (χ1n) is 5.46. The molecule has 1 atom stereocenters. The zero-order valence-electron chi connectivity index (χ0n) is 9.49. The van der Waals surface area contributed by atoms with E-state index in [0.717, 1.165) is 12.8 Å². The second kappa shape index (κ2) is 8.26. The molecule has 0 aliphatic rings. The zero-order chi connectivity index (χ0) is 11.7. The van der Waals surface area contributed by atoms with Gasteiger partial charge in [-0.3, -0.25) is 9.59 Å². The summed E-state index contributed by atoms with van der Waals surface area (Å²) in [6, 6.07) is 0. The van der Waals surface area contributed by atoms with Crippen molar-refractivity contribution in [2.75, 3.05) is 6.61 Å². The van der Waals surface area contributed by atoms with Gasteiger partial charge in [-0.2, -0.15) is 0 Å². The van der Waals surface area contributed by atoms with Gasteiger partial charge >= 0.3 is 11.9 Å². The summed E-state index contributed by atoms with van der Waals surface area (Å²) in [5, 5.41) is 8.42. The molecule has 0 radical (unpaired) electrons. The smallest absolute Gasteiger partial charge is 0.308 e. The predicted molar refractivity (Wildman–Crippen MR) is 56.5 cm³/mol. The lowest BCUT2D eigenvalue weighted by atomic mass is 10.0. The average molecular weight is 216 g/mol. The van der Waals surface area contributed by atoms with Crippen LogP contribution >= 0.6 is 0 Å². The molecule has 0 amide bonds. The van der Waals surface area contributed by atoms with Crippen LogP contribution in [0.5, 0.6) is 0 Å². The largest absolute Gasteiger partial charge is 0.481 e. The van der Waals surface area contributed by atoms with E-state index in [2.05, 4.69) is 0 Å². The van der Waals surface area contributed by atoms with Gasteiger partial charge in [0.05, 0.1) is 12.5 Å². The maximum absolute atomic E-state index is 11.3. The molecule has 1 N–H and O–H groups in total. The summed E-state index contributed by atoms with van der Waals surface area (Å²) >= 11 is 0. The van der Waals surface area contributed by atoms with Crippen LogP contribution in [0.4, 0.5) is 0 Å². The van der Waals surface area contributed by atoms with E-state index in [-0.39, 0.29) is 18.3 Å².